The minimum absolute atomic E-state index is 0.513. The minimum atomic E-state index is 0.513. The molecule has 1 aliphatic rings. The molecule has 0 radical (unpaired) electrons. The van der Waals surface area contributed by atoms with Crippen molar-refractivity contribution < 1.29 is 4.74 Å². The number of piperazine rings is 1. The number of methoxy groups -OCH3 is 1. The zero-order valence-corrected chi connectivity index (χ0v) is 11.5. The number of aromatic amines is 1. The maximum Gasteiger partial charge on any atom is 0.143 e. The zero-order chi connectivity index (χ0) is 13.2. The first-order valence-electron chi connectivity index (χ1n) is 6.86. The van der Waals surface area contributed by atoms with Gasteiger partial charge in [0.25, 0.3) is 0 Å². The summed E-state index contributed by atoms with van der Waals surface area (Å²) in [5, 5.41) is 8.27. The minimum Gasteiger partial charge on any atom is -0.495 e. The van der Waals surface area contributed by atoms with Gasteiger partial charge in [-0.15, -0.1) is 0 Å². The predicted molar refractivity (Wildman–Crippen MR) is 78.0 cm³/mol. The van der Waals surface area contributed by atoms with Crippen molar-refractivity contribution in [2.24, 2.45) is 0 Å². The number of aryl methyl sites for hydroxylation is 1. The Hall–Kier alpha value is -1.52. The van der Waals surface area contributed by atoms with Crippen LogP contribution in [0.25, 0.3) is 10.9 Å². The number of nitrogens with one attached hydrogen (secondary N) is 3. The third kappa shape index (κ3) is 2.46. The fraction of sp³-hybridized carbons (Fsp3) is 0.467. The van der Waals surface area contributed by atoms with Gasteiger partial charge in [0.15, 0.2) is 0 Å². The summed E-state index contributed by atoms with van der Waals surface area (Å²) in [7, 11) is 1.72. The van der Waals surface area contributed by atoms with Gasteiger partial charge in [-0.3, -0.25) is 0 Å². The molecule has 1 fully saturated rings. The Morgan fingerprint density at radius 2 is 2.21 bits per heavy atom. The van der Waals surface area contributed by atoms with E-state index in [-0.39, 0.29) is 0 Å². The van der Waals surface area contributed by atoms with E-state index < -0.39 is 0 Å². The van der Waals surface area contributed by atoms with E-state index in [1.807, 2.05) is 0 Å². The van der Waals surface area contributed by atoms with Crippen LogP contribution in [-0.4, -0.2) is 37.8 Å². The van der Waals surface area contributed by atoms with E-state index in [0.29, 0.717) is 6.04 Å². The number of fused-ring (bicyclic) bond motifs is 1. The molecule has 1 saturated heterocycles. The lowest BCUT2D eigenvalue weighted by molar-refractivity contribution is 0.417. The molecule has 1 aromatic carbocycles. The lowest BCUT2D eigenvalue weighted by atomic mass is 10.0. The first-order valence-corrected chi connectivity index (χ1v) is 6.86. The van der Waals surface area contributed by atoms with Crippen LogP contribution >= 0.6 is 0 Å². The topological polar surface area (TPSA) is 49.1 Å². The Kier molecular flexibility index (Phi) is 3.44. The third-order valence-corrected chi connectivity index (χ3v) is 3.79. The predicted octanol–water partition coefficient (Wildman–Crippen LogP) is 1.59. The van der Waals surface area contributed by atoms with Crippen LogP contribution in [0.15, 0.2) is 18.3 Å². The van der Waals surface area contributed by atoms with Gasteiger partial charge in [0.2, 0.25) is 0 Å². The van der Waals surface area contributed by atoms with Crippen LogP contribution in [0.2, 0.25) is 0 Å². The Balaban J connectivity index is 1.93. The van der Waals surface area contributed by atoms with Gasteiger partial charge in [-0.2, -0.15) is 0 Å². The third-order valence-electron chi connectivity index (χ3n) is 3.79. The summed E-state index contributed by atoms with van der Waals surface area (Å²) < 4.78 is 5.45. The summed E-state index contributed by atoms with van der Waals surface area (Å²) in [4.78, 5) is 3.35. The van der Waals surface area contributed by atoms with Crippen molar-refractivity contribution in [1.82, 2.24) is 15.6 Å². The first-order chi connectivity index (χ1) is 9.28. The second-order valence-electron chi connectivity index (χ2n) is 5.26. The molecule has 1 aliphatic heterocycles. The van der Waals surface area contributed by atoms with Gasteiger partial charge in [0.1, 0.15) is 5.75 Å². The average molecular weight is 259 g/mol. The molecule has 1 atom stereocenters. The summed E-state index contributed by atoms with van der Waals surface area (Å²) >= 11 is 0. The van der Waals surface area contributed by atoms with Crippen molar-refractivity contribution in [2.75, 3.05) is 26.7 Å². The van der Waals surface area contributed by atoms with E-state index in [1.165, 1.54) is 16.5 Å². The van der Waals surface area contributed by atoms with Crippen LogP contribution in [0.3, 0.4) is 0 Å². The lowest BCUT2D eigenvalue weighted by Crippen LogP contribution is -2.49. The number of ether oxygens (including phenoxy) is 1. The summed E-state index contributed by atoms with van der Waals surface area (Å²) in [5.74, 6) is 0.927. The second kappa shape index (κ2) is 5.23. The highest BCUT2D eigenvalue weighted by molar-refractivity contribution is 5.89. The highest BCUT2D eigenvalue weighted by Gasteiger charge is 2.16. The normalized spacial score (nSPS) is 19.8. The Morgan fingerprint density at radius 1 is 1.32 bits per heavy atom. The molecule has 0 aliphatic carbocycles. The molecule has 19 heavy (non-hydrogen) atoms. The number of hydrogen-bond acceptors (Lipinski definition) is 3. The molecule has 0 spiro atoms. The van der Waals surface area contributed by atoms with Gasteiger partial charge in [0, 0.05) is 37.3 Å². The van der Waals surface area contributed by atoms with E-state index in [0.717, 1.165) is 37.3 Å². The molecule has 4 nitrogen and oxygen atoms in total. The fourth-order valence-corrected chi connectivity index (χ4v) is 2.85. The summed E-state index contributed by atoms with van der Waals surface area (Å²) in [6.45, 7) is 5.27. The molecule has 0 amide bonds. The number of rotatable bonds is 3. The second-order valence-corrected chi connectivity index (χ2v) is 5.26. The molecule has 102 valence electrons. The lowest BCUT2D eigenvalue weighted by Gasteiger charge is -2.24. The Bertz CT molecular complexity index is 570. The van der Waals surface area contributed by atoms with Crippen LogP contribution in [0.5, 0.6) is 5.75 Å². The SMILES string of the molecule is COc1cc(C)cc2c(CC3CNCCN3)c[nH]c12. The molecular weight excluding hydrogens is 238 g/mol. The van der Waals surface area contributed by atoms with Crippen molar-refractivity contribution in [1.29, 1.82) is 0 Å². The van der Waals surface area contributed by atoms with Crippen LogP contribution in [-0.2, 0) is 6.42 Å². The van der Waals surface area contributed by atoms with Crippen molar-refractivity contribution in [3.05, 3.63) is 29.5 Å². The van der Waals surface area contributed by atoms with Gasteiger partial charge in [0.05, 0.1) is 12.6 Å². The van der Waals surface area contributed by atoms with E-state index >= 15 is 0 Å². The number of hydrogen-bond donors (Lipinski definition) is 3. The molecule has 2 heterocycles. The van der Waals surface area contributed by atoms with Crippen LogP contribution < -0.4 is 15.4 Å². The standard InChI is InChI=1S/C15H21N3O/c1-10-5-13-11(7-12-9-16-3-4-17-12)8-18-15(13)14(6-10)19-2/h5-6,8,12,16-18H,3-4,7,9H2,1-2H3. The molecule has 3 N–H and O–H groups in total. The summed E-state index contributed by atoms with van der Waals surface area (Å²) in [6.07, 6.45) is 3.16. The van der Waals surface area contributed by atoms with Crippen molar-refractivity contribution in [3.63, 3.8) is 0 Å². The maximum absolute atomic E-state index is 5.45. The molecule has 0 saturated carbocycles. The van der Waals surface area contributed by atoms with Gasteiger partial charge in [-0.1, -0.05) is 0 Å². The molecule has 1 aromatic heterocycles. The van der Waals surface area contributed by atoms with Crippen LogP contribution in [0.1, 0.15) is 11.1 Å². The van der Waals surface area contributed by atoms with Crippen LogP contribution in [0, 0.1) is 6.92 Å². The maximum atomic E-state index is 5.45. The van der Waals surface area contributed by atoms with Gasteiger partial charge in [-0.25, -0.2) is 0 Å². The van der Waals surface area contributed by atoms with E-state index in [2.05, 4.69) is 40.9 Å². The number of H-pyrrole nitrogens is 1. The molecular formula is C15H21N3O. The Labute approximate surface area is 113 Å². The van der Waals surface area contributed by atoms with Crippen molar-refractivity contribution in [3.8, 4) is 5.75 Å². The van der Waals surface area contributed by atoms with Gasteiger partial charge < -0.3 is 20.4 Å². The highest BCUT2D eigenvalue weighted by atomic mass is 16.5. The molecule has 1 unspecified atom stereocenters. The number of benzene rings is 1. The van der Waals surface area contributed by atoms with Gasteiger partial charge >= 0.3 is 0 Å². The highest BCUT2D eigenvalue weighted by Crippen LogP contribution is 2.29. The molecule has 3 rings (SSSR count). The first kappa shape index (κ1) is 12.5. The Morgan fingerprint density at radius 3 is 2.95 bits per heavy atom. The van der Waals surface area contributed by atoms with Crippen molar-refractivity contribution >= 4 is 10.9 Å². The molecule has 4 heteroatoms. The molecule has 2 aromatic rings. The molecule has 0 bridgehead atoms. The van der Waals surface area contributed by atoms with Gasteiger partial charge in [-0.05, 0) is 36.6 Å². The van der Waals surface area contributed by atoms with Crippen molar-refractivity contribution in [2.45, 2.75) is 19.4 Å². The van der Waals surface area contributed by atoms with E-state index in [9.17, 15) is 0 Å². The monoisotopic (exact) mass is 259 g/mol. The summed E-state index contributed by atoms with van der Waals surface area (Å²) in [6, 6.07) is 4.82. The van der Waals surface area contributed by atoms with E-state index in [1.54, 1.807) is 7.11 Å². The smallest absolute Gasteiger partial charge is 0.143 e. The number of aromatic nitrogens is 1. The largest absolute Gasteiger partial charge is 0.495 e. The summed E-state index contributed by atoms with van der Waals surface area (Å²) in [5.41, 5.74) is 3.70. The average Bonchev–Trinajstić information content (AvgIpc) is 2.82. The van der Waals surface area contributed by atoms with E-state index in [4.69, 9.17) is 4.74 Å². The quantitative estimate of drug-likeness (QED) is 0.784. The fourth-order valence-electron chi connectivity index (χ4n) is 2.85. The zero-order valence-electron chi connectivity index (χ0n) is 11.5. The van der Waals surface area contributed by atoms with Crippen LogP contribution in [0.4, 0.5) is 0 Å².